The minimum absolute atomic E-state index is 0.130. The van der Waals surface area contributed by atoms with Crippen molar-refractivity contribution in [2.24, 2.45) is 5.10 Å². The Labute approximate surface area is 140 Å². The molecule has 2 rings (SSSR count). The summed E-state index contributed by atoms with van der Waals surface area (Å²) < 4.78 is 5.40. The van der Waals surface area contributed by atoms with Gasteiger partial charge in [-0.2, -0.15) is 5.10 Å². The van der Waals surface area contributed by atoms with Crippen LogP contribution in [-0.4, -0.2) is 18.2 Å². The highest BCUT2D eigenvalue weighted by Crippen LogP contribution is 2.20. The maximum absolute atomic E-state index is 11.8. The fourth-order valence-electron chi connectivity index (χ4n) is 1.86. The molecule has 0 unspecified atom stereocenters. The van der Waals surface area contributed by atoms with Gasteiger partial charge in [-0.1, -0.05) is 23.7 Å². The number of nitrogen functional groups attached to an aromatic ring is 1. The summed E-state index contributed by atoms with van der Waals surface area (Å²) in [5, 5.41) is 4.70. The Kier molecular flexibility index (Phi) is 5.60. The summed E-state index contributed by atoms with van der Waals surface area (Å²) in [5.74, 6) is 0.236. The van der Waals surface area contributed by atoms with Gasteiger partial charge in [-0.3, -0.25) is 4.79 Å². The largest absolute Gasteiger partial charge is 0.484 e. The maximum atomic E-state index is 11.8. The minimum atomic E-state index is -0.346. The van der Waals surface area contributed by atoms with E-state index in [2.05, 4.69) is 10.5 Å². The number of carbonyl (C=O) groups excluding carboxylic acids is 1. The average molecular weight is 332 g/mol. The second-order valence-corrected chi connectivity index (χ2v) is 5.46. The van der Waals surface area contributed by atoms with Crippen molar-refractivity contribution in [2.45, 2.75) is 13.8 Å². The van der Waals surface area contributed by atoms with Gasteiger partial charge in [0.25, 0.3) is 5.91 Å². The monoisotopic (exact) mass is 331 g/mol. The number of amides is 1. The van der Waals surface area contributed by atoms with Crippen molar-refractivity contribution in [3.63, 3.8) is 0 Å². The van der Waals surface area contributed by atoms with Crippen LogP contribution in [0.4, 0.5) is 5.69 Å². The Bertz CT molecular complexity index is 744. The lowest BCUT2D eigenvalue weighted by molar-refractivity contribution is -0.123. The number of benzene rings is 2. The number of aryl methyl sites for hydroxylation is 1. The SMILES string of the molecule is C/C(=N\NC(=O)COc1ccc(Cl)c(C)c1)c1cccc(N)c1. The first-order chi connectivity index (χ1) is 11.0. The third-order valence-corrected chi connectivity index (χ3v) is 3.58. The summed E-state index contributed by atoms with van der Waals surface area (Å²) in [5.41, 5.74) is 11.2. The van der Waals surface area contributed by atoms with Crippen LogP contribution in [0, 0.1) is 6.92 Å². The van der Waals surface area contributed by atoms with Crippen LogP contribution < -0.4 is 15.9 Å². The number of nitrogens with one attached hydrogen (secondary N) is 1. The first-order valence-corrected chi connectivity index (χ1v) is 7.41. The molecule has 0 bridgehead atoms. The van der Waals surface area contributed by atoms with Crippen LogP contribution in [0.2, 0.25) is 5.02 Å². The van der Waals surface area contributed by atoms with Crippen molar-refractivity contribution >= 4 is 28.9 Å². The third kappa shape index (κ3) is 5.00. The fourth-order valence-corrected chi connectivity index (χ4v) is 1.98. The molecule has 2 aromatic rings. The normalized spacial score (nSPS) is 11.2. The predicted octanol–water partition coefficient (Wildman–Crippen LogP) is 3.15. The number of hydrogen-bond donors (Lipinski definition) is 2. The van der Waals surface area contributed by atoms with E-state index in [0.29, 0.717) is 22.2 Å². The number of anilines is 1. The van der Waals surface area contributed by atoms with Crippen LogP contribution in [0.1, 0.15) is 18.1 Å². The van der Waals surface area contributed by atoms with E-state index in [0.717, 1.165) is 11.1 Å². The Morgan fingerprint density at radius 3 is 2.78 bits per heavy atom. The Hall–Kier alpha value is -2.53. The average Bonchev–Trinajstić information content (AvgIpc) is 2.53. The van der Waals surface area contributed by atoms with Crippen molar-refractivity contribution in [3.05, 3.63) is 58.6 Å². The second-order valence-electron chi connectivity index (χ2n) is 5.06. The van der Waals surface area contributed by atoms with Crippen LogP contribution in [0.5, 0.6) is 5.75 Å². The summed E-state index contributed by atoms with van der Waals surface area (Å²) in [6, 6.07) is 12.5. The first-order valence-electron chi connectivity index (χ1n) is 7.03. The van der Waals surface area contributed by atoms with E-state index >= 15 is 0 Å². The van der Waals surface area contributed by atoms with E-state index in [-0.39, 0.29) is 12.5 Å². The van der Waals surface area contributed by atoms with E-state index in [1.54, 1.807) is 37.3 Å². The van der Waals surface area contributed by atoms with E-state index in [1.807, 2.05) is 19.1 Å². The summed E-state index contributed by atoms with van der Waals surface area (Å²) in [6.45, 7) is 3.53. The molecule has 0 fully saturated rings. The topological polar surface area (TPSA) is 76.7 Å². The van der Waals surface area contributed by atoms with Gasteiger partial charge in [0, 0.05) is 10.7 Å². The van der Waals surface area contributed by atoms with Gasteiger partial charge in [-0.25, -0.2) is 5.43 Å². The maximum Gasteiger partial charge on any atom is 0.277 e. The van der Waals surface area contributed by atoms with Gasteiger partial charge in [0.1, 0.15) is 5.75 Å². The Balaban J connectivity index is 1.89. The number of rotatable bonds is 5. The minimum Gasteiger partial charge on any atom is -0.484 e. The van der Waals surface area contributed by atoms with Gasteiger partial charge in [0.05, 0.1) is 5.71 Å². The molecule has 0 spiro atoms. The van der Waals surface area contributed by atoms with Gasteiger partial charge in [0.15, 0.2) is 6.61 Å². The van der Waals surface area contributed by atoms with Crippen LogP contribution in [0.25, 0.3) is 0 Å². The molecule has 6 heteroatoms. The molecule has 5 nitrogen and oxygen atoms in total. The smallest absolute Gasteiger partial charge is 0.277 e. The quantitative estimate of drug-likeness (QED) is 0.502. The highest BCUT2D eigenvalue weighted by atomic mass is 35.5. The van der Waals surface area contributed by atoms with Gasteiger partial charge in [-0.05, 0) is 55.3 Å². The van der Waals surface area contributed by atoms with E-state index in [4.69, 9.17) is 22.1 Å². The standard InChI is InChI=1S/C17H18ClN3O2/c1-11-8-15(6-7-16(11)18)23-10-17(22)21-20-12(2)13-4-3-5-14(19)9-13/h3-9H,10,19H2,1-2H3,(H,21,22)/b20-12+. The van der Waals surface area contributed by atoms with Crippen molar-refractivity contribution in [2.75, 3.05) is 12.3 Å². The van der Waals surface area contributed by atoms with Crippen molar-refractivity contribution in [3.8, 4) is 5.75 Å². The molecule has 0 atom stereocenters. The molecular formula is C17H18ClN3O2. The van der Waals surface area contributed by atoms with E-state index in [9.17, 15) is 4.79 Å². The van der Waals surface area contributed by atoms with Crippen LogP contribution in [0.3, 0.4) is 0 Å². The van der Waals surface area contributed by atoms with Crippen LogP contribution in [0.15, 0.2) is 47.6 Å². The lowest BCUT2D eigenvalue weighted by Crippen LogP contribution is -2.25. The zero-order valence-corrected chi connectivity index (χ0v) is 13.7. The lowest BCUT2D eigenvalue weighted by Gasteiger charge is -2.07. The van der Waals surface area contributed by atoms with E-state index < -0.39 is 0 Å². The highest BCUT2D eigenvalue weighted by molar-refractivity contribution is 6.31. The molecule has 0 saturated carbocycles. The molecule has 0 aliphatic carbocycles. The highest BCUT2D eigenvalue weighted by Gasteiger charge is 2.04. The lowest BCUT2D eigenvalue weighted by atomic mass is 10.1. The number of carbonyl (C=O) groups is 1. The molecule has 0 aromatic heterocycles. The van der Waals surface area contributed by atoms with Crippen molar-refractivity contribution in [1.29, 1.82) is 0 Å². The fraction of sp³-hybridized carbons (Fsp3) is 0.176. The number of ether oxygens (including phenoxy) is 1. The number of nitrogens with zero attached hydrogens (tertiary/aromatic N) is 1. The summed E-state index contributed by atoms with van der Waals surface area (Å²) in [7, 11) is 0. The van der Waals surface area contributed by atoms with Gasteiger partial charge in [0.2, 0.25) is 0 Å². The number of hydrogen-bond acceptors (Lipinski definition) is 4. The molecule has 0 radical (unpaired) electrons. The molecule has 120 valence electrons. The zero-order valence-electron chi connectivity index (χ0n) is 13.0. The molecule has 2 aromatic carbocycles. The molecule has 0 aliphatic rings. The third-order valence-electron chi connectivity index (χ3n) is 3.15. The summed E-state index contributed by atoms with van der Waals surface area (Å²) in [4.78, 5) is 11.8. The summed E-state index contributed by atoms with van der Waals surface area (Å²) in [6.07, 6.45) is 0. The van der Waals surface area contributed by atoms with Crippen molar-refractivity contribution < 1.29 is 9.53 Å². The number of nitrogens with two attached hydrogens (primary N) is 1. The molecule has 23 heavy (non-hydrogen) atoms. The number of halogens is 1. The molecule has 3 N–H and O–H groups in total. The molecule has 0 aliphatic heterocycles. The molecular weight excluding hydrogens is 314 g/mol. The van der Waals surface area contributed by atoms with Gasteiger partial charge >= 0.3 is 0 Å². The zero-order chi connectivity index (χ0) is 16.8. The van der Waals surface area contributed by atoms with Gasteiger partial charge < -0.3 is 10.5 Å². The predicted molar refractivity (Wildman–Crippen MR) is 92.9 cm³/mol. The molecule has 0 heterocycles. The number of hydrazone groups is 1. The second kappa shape index (κ2) is 7.65. The molecule has 1 amide bonds. The van der Waals surface area contributed by atoms with Crippen LogP contribution in [-0.2, 0) is 4.79 Å². The van der Waals surface area contributed by atoms with Gasteiger partial charge in [-0.15, -0.1) is 0 Å². The molecule has 0 saturated heterocycles. The van der Waals surface area contributed by atoms with Crippen LogP contribution >= 0.6 is 11.6 Å². The Morgan fingerprint density at radius 2 is 2.09 bits per heavy atom. The Morgan fingerprint density at radius 1 is 1.30 bits per heavy atom. The first kappa shape index (κ1) is 16.8. The van der Waals surface area contributed by atoms with E-state index in [1.165, 1.54) is 0 Å². The summed E-state index contributed by atoms with van der Waals surface area (Å²) >= 11 is 5.94. The van der Waals surface area contributed by atoms with Crippen molar-refractivity contribution in [1.82, 2.24) is 5.43 Å².